The lowest BCUT2D eigenvalue weighted by molar-refractivity contribution is 0.280. The van der Waals surface area contributed by atoms with Gasteiger partial charge in [-0.05, 0) is 48.4 Å². The molecule has 4 nitrogen and oxygen atoms in total. The summed E-state index contributed by atoms with van der Waals surface area (Å²) in [6, 6.07) is 14.4. The van der Waals surface area contributed by atoms with E-state index in [9.17, 15) is 5.11 Å². The van der Waals surface area contributed by atoms with E-state index in [0.29, 0.717) is 13.1 Å². The van der Waals surface area contributed by atoms with Crippen molar-refractivity contribution >= 4 is 41.7 Å². The topological polar surface area (TPSA) is 56.7 Å². The molecule has 0 aliphatic heterocycles. The van der Waals surface area contributed by atoms with Gasteiger partial charge in [-0.2, -0.15) is 0 Å². The number of nitrogens with zero attached hydrogens (tertiary/aromatic N) is 1. The Morgan fingerprint density at radius 1 is 1.08 bits per heavy atom. The molecule has 0 unspecified atom stereocenters. The molecule has 0 amide bonds. The van der Waals surface area contributed by atoms with Gasteiger partial charge in [0.25, 0.3) is 0 Å². The zero-order valence-electron chi connectivity index (χ0n) is 15.6. The molecule has 0 saturated heterocycles. The highest BCUT2D eigenvalue weighted by molar-refractivity contribution is 14.0. The van der Waals surface area contributed by atoms with Crippen molar-refractivity contribution in [1.82, 2.24) is 10.6 Å². The van der Waals surface area contributed by atoms with Gasteiger partial charge in [0.15, 0.2) is 5.96 Å². The number of hydrogen-bond acceptors (Lipinski definition) is 3. The Morgan fingerprint density at radius 2 is 1.81 bits per heavy atom. The van der Waals surface area contributed by atoms with Crippen LogP contribution in [0.1, 0.15) is 29.2 Å². The van der Waals surface area contributed by atoms with Gasteiger partial charge in [-0.25, -0.2) is 4.99 Å². The molecule has 0 saturated carbocycles. The average molecular weight is 485 g/mol. The molecule has 0 aromatic heterocycles. The minimum absolute atomic E-state index is 0. The third-order valence-corrected chi connectivity index (χ3v) is 4.75. The Balaban J connectivity index is 0.00000338. The third-order valence-electron chi connectivity index (χ3n) is 3.93. The van der Waals surface area contributed by atoms with Gasteiger partial charge in [-0.3, -0.25) is 0 Å². The van der Waals surface area contributed by atoms with E-state index in [4.69, 9.17) is 4.99 Å². The van der Waals surface area contributed by atoms with Gasteiger partial charge in [0.05, 0.1) is 13.2 Å². The maximum atomic E-state index is 9.44. The number of aliphatic hydroxyl groups is 1. The van der Waals surface area contributed by atoms with E-state index in [1.807, 2.05) is 24.3 Å². The highest BCUT2D eigenvalue weighted by atomic mass is 127. The van der Waals surface area contributed by atoms with Crippen molar-refractivity contribution in [3.63, 3.8) is 0 Å². The van der Waals surface area contributed by atoms with Gasteiger partial charge in [-0.15, -0.1) is 35.7 Å². The molecule has 26 heavy (non-hydrogen) atoms. The largest absolute Gasteiger partial charge is 0.392 e. The van der Waals surface area contributed by atoms with Gasteiger partial charge in [-0.1, -0.05) is 36.4 Å². The number of nitrogens with one attached hydrogen (secondary N) is 2. The average Bonchev–Trinajstić information content (AvgIpc) is 2.64. The number of rotatable bonds is 7. The van der Waals surface area contributed by atoms with Crippen molar-refractivity contribution in [1.29, 1.82) is 0 Å². The predicted molar refractivity (Wildman–Crippen MR) is 122 cm³/mol. The standard InChI is InChI=1S/C20H27N3OS.HI/c1-4-21-20(22-12-16-7-5-6-8-18(16)14-24)23-13-17-10-9-15(2)11-19(17)25-3;/h5-11,24H,4,12-14H2,1-3H3,(H2,21,22,23);1H. The van der Waals surface area contributed by atoms with E-state index >= 15 is 0 Å². The predicted octanol–water partition coefficient (Wildman–Crippen LogP) is 4.08. The number of halogens is 1. The second kappa shape index (κ2) is 12.2. The highest BCUT2D eigenvalue weighted by Crippen LogP contribution is 2.22. The molecule has 2 aromatic rings. The molecule has 0 fully saturated rings. The second-order valence-corrected chi connectivity index (χ2v) is 6.64. The first-order valence-electron chi connectivity index (χ1n) is 8.51. The summed E-state index contributed by atoms with van der Waals surface area (Å²) in [4.78, 5) is 5.98. The molecule has 0 heterocycles. The summed E-state index contributed by atoms with van der Waals surface area (Å²) >= 11 is 1.75. The van der Waals surface area contributed by atoms with Crippen molar-refractivity contribution in [2.24, 2.45) is 4.99 Å². The van der Waals surface area contributed by atoms with Gasteiger partial charge >= 0.3 is 0 Å². The Morgan fingerprint density at radius 3 is 2.46 bits per heavy atom. The number of hydrogen-bond donors (Lipinski definition) is 3. The van der Waals surface area contributed by atoms with Crippen molar-refractivity contribution in [3.05, 3.63) is 64.7 Å². The normalized spacial score (nSPS) is 11.0. The Hall–Kier alpha value is -1.25. The van der Waals surface area contributed by atoms with Crippen LogP contribution in [0.15, 0.2) is 52.4 Å². The molecule has 0 spiro atoms. The summed E-state index contributed by atoms with van der Waals surface area (Å²) in [6.07, 6.45) is 2.09. The van der Waals surface area contributed by atoms with E-state index in [2.05, 4.69) is 48.9 Å². The van der Waals surface area contributed by atoms with E-state index in [-0.39, 0.29) is 30.6 Å². The molecular formula is C20H28IN3OS. The van der Waals surface area contributed by atoms with Gasteiger partial charge < -0.3 is 15.7 Å². The monoisotopic (exact) mass is 485 g/mol. The lowest BCUT2D eigenvalue weighted by Gasteiger charge is -2.14. The van der Waals surface area contributed by atoms with Crippen molar-refractivity contribution in [2.45, 2.75) is 38.4 Å². The minimum Gasteiger partial charge on any atom is -0.392 e. The third kappa shape index (κ3) is 6.81. The first-order valence-corrected chi connectivity index (χ1v) is 9.73. The first-order chi connectivity index (χ1) is 12.2. The SMILES string of the molecule is CCNC(=NCc1ccc(C)cc1SC)NCc1ccccc1CO.I. The van der Waals surface area contributed by atoms with Crippen LogP contribution in [-0.2, 0) is 19.7 Å². The number of thioether (sulfide) groups is 1. The summed E-state index contributed by atoms with van der Waals surface area (Å²) in [5.74, 6) is 0.780. The zero-order chi connectivity index (χ0) is 18.1. The first kappa shape index (κ1) is 22.8. The van der Waals surface area contributed by atoms with Crippen LogP contribution in [0.5, 0.6) is 0 Å². The number of guanidine groups is 1. The molecule has 2 aromatic carbocycles. The van der Waals surface area contributed by atoms with E-state index < -0.39 is 0 Å². The fraction of sp³-hybridized carbons (Fsp3) is 0.350. The summed E-state index contributed by atoms with van der Waals surface area (Å²) in [5, 5.41) is 16.1. The fourth-order valence-corrected chi connectivity index (χ4v) is 3.25. The van der Waals surface area contributed by atoms with Crippen LogP contribution in [0.4, 0.5) is 0 Å². The molecule has 3 N–H and O–H groups in total. The minimum atomic E-state index is 0. The number of aliphatic hydroxyl groups excluding tert-OH is 1. The van der Waals surface area contributed by atoms with Crippen LogP contribution >= 0.6 is 35.7 Å². The lowest BCUT2D eigenvalue weighted by atomic mass is 10.1. The summed E-state index contributed by atoms with van der Waals surface area (Å²) in [7, 11) is 0. The summed E-state index contributed by atoms with van der Waals surface area (Å²) in [5.41, 5.74) is 4.51. The quantitative estimate of drug-likeness (QED) is 0.240. The van der Waals surface area contributed by atoms with Crippen molar-refractivity contribution < 1.29 is 5.11 Å². The maximum absolute atomic E-state index is 9.44. The van der Waals surface area contributed by atoms with Crippen LogP contribution in [0.3, 0.4) is 0 Å². The molecule has 0 atom stereocenters. The van der Waals surface area contributed by atoms with E-state index in [1.54, 1.807) is 11.8 Å². The zero-order valence-corrected chi connectivity index (χ0v) is 18.7. The fourth-order valence-electron chi connectivity index (χ4n) is 2.55. The van der Waals surface area contributed by atoms with Crippen molar-refractivity contribution in [3.8, 4) is 0 Å². The lowest BCUT2D eigenvalue weighted by Crippen LogP contribution is -2.37. The molecule has 0 aliphatic rings. The van der Waals surface area contributed by atoms with Crippen molar-refractivity contribution in [2.75, 3.05) is 12.8 Å². The molecule has 0 radical (unpaired) electrons. The Labute approximate surface area is 177 Å². The smallest absolute Gasteiger partial charge is 0.191 e. The van der Waals surface area contributed by atoms with Crippen LogP contribution in [0.2, 0.25) is 0 Å². The molecule has 2 rings (SSSR count). The Kier molecular flexibility index (Phi) is 10.7. The van der Waals surface area contributed by atoms with E-state index in [1.165, 1.54) is 16.0 Å². The van der Waals surface area contributed by atoms with Crippen LogP contribution in [0, 0.1) is 6.92 Å². The molecule has 142 valence electrons. The van der Waals surface area contributed by atoms with Crippen LogP contribution in [-0.4, -0.2) is 23.9 Å². The van der Waals surface area contributed by atoms with Gasteiger partial charge in [0.2, 0.25) is 0 Å². The highest BCUT2D eigenvalue weighted by Gasteiger charge is 2.05. The van der Waals surface area contributed by atoms with E-state index in [0.717, 1.165) is 23.6 Å². The number of aliphatic imine (C=N–C) groups is 1. The number of benzene rings is 2. The summed E-state index contributed by atoms with van der Waals surface area (Å²) < 4.78 is 0. The Bertz CT molecular complexity index is 722. The molecule has 0 bridgehead atoms. The van der Waals surface area contributed by atoms with Crippen LogP contribution in [0.25, 0.3) is 0 Å². The number of aryl methyl sites for hydroxylation is 1. The second-order valence-electron chi connectivity index (χ2n) is 5.79. The molecular weight excluding hydrogens is 457 g/mol. The molecule has 0 aliphatic carbocycles. The summed E-state index contributed by atoms with van der Waals surface area (Å²) in [6.45, 7) is 6.27. The van der Waals surface area contributed by atoms with Gasteiger partial charge in [0.1, 0.15) is 0 Å². The van der Waals surface area contributed by atoms with Crippen LogP contribution < -0.4 is 10.6 Å². The maximum Gasteiger partial charge on any atom is 0.191 e. The van der Waals surface area contributed by atoms with Gasteiger partial charge in [0, 0.05) is 18.0 Å². The molecule has 6 heteroatoms.